The van der Waals surface area contributed by atoms with Crippen molar-refractivity contribution < 1.29 is 4.74 Å². The minimum atomic E-state index is -0.306. The zero-order chi connectivity index (χ0) is 26.6. The maximum absolute atomic E-state index is 12.9. The van der Waals surface area contributed by atoms with Crippen molar-refractivity contribution in [3.63, 3.8) is 0 Å². The Labute approximate surface area is 218 Å². The number of ether oxygens (including phenoxy) is 1. The first-order chi connectivity index (χ1) is 17.6. The van der Waals surface area contributed by atoms with Crippen molar-refractivity contribution in [2.24, 2.45) is 7.05 Å². The van der Waals surface area contributed by atoms with Crippen LogP contribution in [0.2, 0.25) is 0 Å². The van der Waals surface area contributed by atoms with Crippen LogP contribution in [0.5, 0.6) is 5.75 Å². The van der Waals surface area contributed by atoms with E-state index < -0.39 is 0 Å². The molecule has 37 heavy (non-hydrogen) atoms. The van der Waals surface area contributed by atoms with E-state index >= 15 is 0 Å². The summed E-state index contributed by atoms with van der Waals surface area (Å²) in [5.74, 6) is 2.28. The number of piperazine rings is 1. The molecule has 9 nitrogen and oxygen atoms in total. The Morgan fingerprint density at radius 2 is 1.97 bits per heavy atom. The predicted octanol–water partition coefficient (Wildman–Crippen LogP) is 3.55. The number of nitriles is 1. The minimum absolute atomic E-state index is 0.0193. The fourth-order valence-corrected chi connectivity index (χ4v) is 6.00. The quantitative estimate of drug-likeness (QED) is 0.526. The molecule has 0 spiro atoms. The van der Waals surface area contributed by atoms with Crippen molar-refractivity contribution in [3.8, 4) is 11.8 Å². The number of hydrogen-bond acceptors (Lipinski definition) is 7. The number of hydrogen-bond donors (Lipinski definition) is 0. The number of nitrogens with zero attached hydrogens (tertiary/aromatic N) is 7. The second-order valence-electron chi connectivity index (χ2n) is 11.2. The normalized spacial score (nSPS) is 22.1. The SMILES string of the molecule is CCn1c(CC#N)nc2c(N3C[C@@H](C)N(C(C)c4ccc5c(c4)C(C)(C)CO5)C[C@@H]3C)nc(=O)n(C)c21. The van der Waals surface area contributed by atoms with Gasteiger partial charge < -0.3 is 14.2 Å². The van der Waals surface area contributed by atoms with Crippen LogP contribution in [0.15, 0.2) is 23.0 Å². The first-order valence-corrected chi connectivity index (χ1v) is 13.2. The average molecular weight is 504 g/mol. The highest BCUT2D eigenvalue weighted by atomic mass is 16.5. The Balaban J connectivity index is 1.47. The van der Waals surface area contributed by atoms with Gasteiger partial charge in [-0.2, -0.15) is 10.2 Å². The maximum Gasteiger partial charge on any atom is 0.350 e. The van der Waals surface area contributed by atoms with Crippen LogP contribution in [0.25, 0.3) is 11.2 Å². The van der Waals surface area contributed by atoms with Crippen LogP contribution in [0.3, 0.4) is 0 Å². The molecule has 0 aliphatic carbocycles. The van der Waals surface area contributed by atoms with E-state index in [0.29, 0.717) is 30.3 Å². The summed E-state index contributed by atoms with van der Waals surface area (Å²) < 4.78 is 9.40. The van der Waals surface area contributed by atoms with Crippen LogP contribution in [-0.4, -0.2) is 55.8 Å². The number of benzene rings is 1. The van der Waals surface area contributed by atoms with E-state index in [2.05, 4.69) is 73.7 Å². The van der Waals surface area contributed by atoms with Gasteiger partial charge in [-0.3, -0.25) is 9.47 Å². The highest BCUT2D eigenvalue weighted by molar-refractivity contribution is 5.84. The van der Waals surface area contributed by atoms with Crippen molar-refractivity contribution in [3.05, 3.63) is 45.6 Å². The summed E-state index contributed by atoms with van der Waals surface area (Å²) in [4.78, 5) is 27.0. The monoisotopic (exact) mass is 503 g/mol. The number of anilines is 1. The van der Waals surface area contributed by atoms with E-state index in [1.165, 1.54) is 11.1 Å². The first-order valence-electron chi connectivity index (χ1n) is 13.2. The van der Waals surface area contributed by atoms with E-state index in [1.807, 2.05) is 11.5 Å². The molecule has 1 unspecified atom stereocenters. The molecular weight excluding hydrogens is 466 g/mol. The van der Waals surface area contributed by atoms with Crippen molar-refractivity contribution in [2.45, 2.75) is 78.0 Å². The van der Waals surface area contributed by atoms with Crippen LogP contribution in [-0.2, 0) is 25.4 Å². The predicted molar refractivity (Wildman–Crippen MR) is 144 cm³/mol. The standard InChI is InChI=1S/C28H37N7O2/c1-8-33-23(11-12-29)30-24-25(31-27(36)32(7)26(24)33)35-15-17(2)34(14-18(35)3)19(4)20-9-10-22-21(13-20)28(5,6)16-37-22/h9-10,13,17-19H,8,11,14-16H2,1-7H3/t17-,18+,19?/m1/s1. The molecule has 0 amide bonds. The van der Waals surface area contributed by atoms with Crippen LogP contribution >= 0.6 is 0 Å². The van der Waals surface area contributed by atoms with Gasteiger partial charge in [-0.25, -0.2) is 9.78 Å². The maximum atomic E-state index is 12.9. The summed E-state index contributed by atoms with van der Waals surface area (Å²) in [6, 6.07) is 9.42. The van der Waals surface area contributed by atoms with Gasteiger partial charge in [0.2, 0.25) is 0 Å². The molecule has 2 aliphatic rings. The van der Waals surface area contributed by atoms with E-state index in [1.54, 1.807) is 11.6 Å². The molecule has 0 N–H and O–H groups in total. The van der Waals surface area contributed by atoms with Crippen LogP contribution < -0.4 is 15.3 Å². The Bertz CT molecular complexity index is 1450. The molecule has 196 valence electrons. The highest BCUT2D eigenvalue weighted by Crippen LogP contribution is 2.41. The molecule has 0 radical (unpaired) electrons. The molecule has 9 heteroatoms. The van der Waals surface area contributed by atoms with Crippen molar-refractivity contribution in [2.75, 3.05) is 24.6 Å². The lowest BCUT2D eigenvalue weighted by Crippen LogP contribution is -2.57. The van der Waals surface area contributed by atoms with Crippen molar-refractivity contribution in [1.29, 1.82) is 5.26 Å². The zero-order valence-corrected chi connectivity index (χ0v) is 22.9. The summed E-state index contributed by atoms with van der Waals surface area (Å²) in [6.07, 6.45) is 0.190. The van der Waals surface area contributed by atoms with Gasteiger partial charge in [-0.1, -0.05) is 19.9 Å². The minimum Gasteiger partial charge on any atom is -0.492 e. The summed E-state index contributed by atoms with van der Waals surface area (Å²) in [5, 5.41) is 9.33. The molecule has 2 aliphatic heterocycles. The smallest absolute Gasteiger partial charge is 0.350 e. The molecule has 4 heterocycles. The third-order valence-corrected chi connectivity index (χ3v) is 8.20. The van der Waals surface area contributed by atoms with Crippen molar-refractivity contribution in [1.82, 2.24) is 24.0 Å². The lowest BCUT2D eigenvalue weighted by atomic mass is 9.85. The Morgan fingerprint density at radius 3 is 2.68 bits per heavy atom. The first kappa shape index (κ1) is 25.3. The van der Waals surface area contributed by atoms with Crippen LogP contribution in [0, 0.1) is 11.3 Å². The molecule has 0 bridgehead atoms. The van der Waals surface area contributed by atoms with Crippen LogP contribution in [0.4, 0.5) is 5.82 Å². The third-order valence-electron chi connectivity index (χ3n) is 8.20. The molecule has 3 aromatic rings. The molecule has 1 aromatic carbocycles. The molecule has 3 atom stereocenters. The van der Waals surface area contributed by atoms with Gasteiger partial charge in [0, 0.05) is 55.8 Å². The van der Waals surface area contributed by atoms with Gasteiger partial charge in [-0.05, 0) is 45.4 Å². The van der Waals surface area contributed by atoms with Gasteiger partial charge in [0.05, 0.1) is 19.1 Å². The number of fused-ring (bicyclic) bond motifs is 2. The van der Waals surface area contributed by atoms with Gasteiger partial charge in [0.1, 0.15) is 22.7 Å². The van der Waals surface area contributed by atoms with E-state index in [-0.39, 0.29) is 35.7 Å². The van der Waals surface area contributed by atoms with E-state index in [0.717, 1.165) is 24.5 Å². The topological polar surface area (TPSA) is 92.2 Å². The molecule has 5 rings (SSSR count). The van der Waals surface area contributed by atoms with Gasteiger partial charge in [0.25, 0.3) is 0 Å². The summed E-state index contributed by atoms with van der Waals surface area (Å²) in [5.41, 5.74) is 3.70. The van der Waals surface area contributed by atoms with E-state index in [9.17, 15) is 10.1 Å². The largest absolute Gasteiger partial charge is 0.492 e. The summed E-state index contributed by atoms with van der Waals surface area (Å²) in [7, 11) is 1.72. The summed E-state index contributed by atoms with van der Waals surface area (Å²) >= 11 is 0. The second-order valence-corrected chi connectivity index (χ2v) is 11.2. The van der Waals surface area contributed by atoms with Crippen molar-refractivity contribution >= 4 is 17.0 Å². The second kappa shape index (κ2) is 9.18. The molecule has 1 saturated heterocycles. The van der Waals surface area contributed by atoms with Crippen LogP contribution in [0.1, 0.15) is 64.5 Å². The number of aryl methyl sites for hydroxylation is 2. The number of rotatable bonds is 5. The molecule has 1 fully saturated rings. The number of aromatic nitrogens is 4. The molecular formula is C28H37N7O2. The lowest BCUT2D eigenvalue weighted by Gasteiger charge is -2.47. The van der Waals surface area contributed by atoms with Gasteiger partial charge in [-0.15, -0.1) is 0 Å². The fraction of sp³-hybridized carbons (Fsp3) is 0.571. The third kappa shape index (κ3) is 4.08. The fourth-order valence-electron chi connectivity index (χ4n) is 6.00. The highest BCUT2D eigenvalue weighted by Gasteiger charge is 2.37. The zero-order valence-electron chi connectivity index (χ0n) is 22.9. The molecule has 2 aromatic heterocycles. The van der Waals surface area contributed by atoms with E-state index in [4.69, 9.17) is 9.72 Å². The van der Waals surface area contributed by atoms with Gasteiger partial charge >= 0.3 is 5.69 Å². The molecule has 0 saturated carbocycles. The summed E-state index contributed by atoms with van der Waals surface area (Å²) in [6.45, 7) is 16.1. The number of imidazole rings is 1. The van der Waals surface area contributed by atoms with Gasteiger partial charge in [0.15, 0.2) is 5.82 Å². The Hall–Kier alpha value is -3.38. The lowest BCUT2D eigenvalue weighted by molar-refractivity contribution is 0.119. The average Bonchev–Trinajstić information content (AvgIpc) is 3.39. The Kier molecular flexibility index (Phi) is 6.27. The Morgan fingerprint density at radius 1 is 1.22 bits per heavy atom.